The first-order chi connectivity index (χ1) is 13.3. The Bertz CT molecular complexity index is 1040. The second-order valence-electron chi connectivity index (χ2n) is 6.10. The summed E-state index contributed by atoms with van der Waals surface area (Å²) in [6.07, 6.45) is 1.44. The molecule has 0 saturated carbocycles. The molecule has 1 atom stereocenters. The SMILES string of the molecule is Nc1c(Cl)cccc1C(=O)OCC(=O)N(c1ccccc1)[C@@H]1C=CS(=O)(=O)C1. The average Bonchev–Trinajstić information content (AvgIpc) is 3.02. The first-order valence-corrected chi connectivity index (χ1v) is 10.4. The minimum atomic E-state index is -3.38. The van der Waals surface area contributed by atoms with Gasteiger partial charge in [-0.05, 0) is 30.3 Å². The van der Waals surface area contributed by atoms with Crippen molar-refractivity contribution in [2.75, 3.05) is 23.0 Å². The van der Waals surface area contributed by atoms with Crippen LogP contribution < -0.4 is 10.6 Å². The summed E-state index contributed by atoms with van der Waals surface area (Å²) in [7, 11) is -3.38. The molecule has 146 valence electrons. The maximum atomic E-state index is 12.8. The van der Waals surface area contributed by atoms with Crippen LogP contribution in [0.15, 0.2) is 60.0 Å². The third-order valence-corrected chi connectivity index (χ3v) is 5.85. The average molecular weight is 421 g/mol. The molecule has 1 aliphatic heterocycles. The van der Waals surface area contributed by atoms with Crippen LogP contribution in [0.1, 0.15) is 10.4 Å². The summed E-state index contributed by atoms with van der Waals surface area (Å²) in [5.41, 5.74) is 6.38. The van der Waals surface area contributed by atoms with Crippen molar-refractivity contribution in [1.29, 1.82) is 0 Å². The molecule has 0 fully saturated rings. The molecule has 28 heavy (non-hydrogen) atoms. The van der Waals surface area contributed by atoms with E-state index in [9.17, 15) is 18.0 Å². The van der Waals surface area contributed by atoms with Crippen molar-refractivity contribution in [3.05, 3.63) is 70.6 Å². The van der Waals surface area contributed by atoms with Crippen LogP contribution in [0.5, 0.6) is 0 Å². The minimum absolute atomic E-state index is 0.0508. The number of nitrogens with zero attached hydrogens (tertiary/aromatic N) is 1. The van der Waals surface area contributed by atoms with Crippen LogP contribution >= 0.6 is 11.6 Å². The smallest absolute Gasteiger partial charge is 0.340 e. The van der Waals surface area contributed by atoms with Crippen molar-refractivity contribution in [3.8, 4) is 0 Å². The number of amides is 1. The molecule has 0 aliphatic carbocycles. The second-order valence-corrected chi connectivity index (χ2v) is 8.44. The fourth-order valence-corrected chi connectivity index (χ4v) is 4.26. The molecule has 0 radical (unpaired) electrons. The number of hydrogen-bond acceptors (Lipinski definition) is 6. The highest BCUT2D eigenvalue weighted by Crippen LogP contribution is 2.24. The third-order valence-electron chi connectivity index (χ3n) is 4.15. The standard InChI is InChI=1S/C19H17ClN2O5S/c20-16-8-4-7-15(18(16)21)19(24)27-11-17(23)22(13-5-2-1-3-6-13)14-9-10-28(25,26)12-14/h1-10,14H,11-12,21H2/t14-/m1/s1. The predicted octanol–water partition coefficient (Wildman–Crippen LogP) is 2.42. The lowest BCUT2D eigenvalue weighted by atomic mass is 10.2. The fraction of sp³-hybridized carbons (Fsp3) is 0.158. The topological polar surface area (TPSA) is 107 Å². The minimum Gasteiger partial charge on any atom is -0.452 e. The van der Waals surface area contributed by atoms with Gasteiger partial charge in [0.05, 0.1) is 28.1 Å². The number of carbonyl (C=O) groups is 2. The summed E-state index contributed by atoms with van der Waals surface area (Å²) in [4.78, 5) is 26.4. The first-order valence-electron chi connectivity index (χ1n) is 8.27. The maximum absolute atomic E-state index is 12.8. The summed E-state index contributed by atoms with van der Waals surface area (Å²) in [6.45, 7) is -0.579. The fourth-order valence-electron chi connectivity index (χ4n) is 2.82. The van der Waals surface area contributed by atoms with Gasteiger partial charge in [-0.2, -0.15) is 0 Å². The number of sulfone groups is 1. The number of para-hydroxylation sites is 2. The van der Waals surface area contributed by atoms with E-state index in [0.29, 0.717) is 5.69 Å². The van der Waals surface area contributed by atoms with Gasteiger partial charge in [0.15, 0.2) is 16.4 Å². The molecule has 0 spiro atoms. The summed E-state index contributed by atoms with van der Waals surface area (Å²) < 4.78 is 28.7. The van der Waals surface area contributed by atoms with Gasteiger partial charge in [0.25, 0.3) is 5.91 Å². The van der Waals surface area contributed by atoms with Crippen LogP contribution in [0.25, 0.3) is 0 Å². The zero-order valence-electron chi connectivity index (χ0n) is 14.6. The number of nitrogens with two attached hydrogens (primary N) is 1. The molecular weight excluding hydrogens is 404 g/mol. The lowest BCUT2D eigenvalue weighted by Gasteiger charge is -2.27. The molecule has 3 rings (SSSR count). The van der Waals surface area contributed by atoms with Crippen molar-refractivity contribution in [2.45, 2.75) is 6.04 Å². The molecule has 1 aliphatic rings. The van der Waals surface area contributed by atoms with E-state index in [0.717, 1.165) is 5.41 Å². The van der Waals surface area contributed by atoms with Crippen molar-refractivity contribution in [3.63, 3.8) is 0 Å². The summed E-state index contributed by atoms with van der Waals surface area (Å²) >= 11 is 5.89. The molecule has 0 unspecified atom stereocenters. The third kappa shape index (κ3) is 4.35. The number of anilines is 2. The second kappa shape index (κ2) is 8.04. The highest BCUT2D eigenvalue weighted by molar-refractivity contribution is 7.94. The Balaban J connectivity index is 1.78. The summed E-state index contributed by atoms with van der Waals surface area (Å²) in [5.74, 6) is -1.59. The highest BCUT2D eigenvalue weighted by Gasteiger charge is 2.32. The van der Waals surface area contributed by atoms with Gasteiger partial charge in [0, 0.05) is 11.1 Å². The van der Waals surface area contributed by atoms with Crippen LogP contribution in [0.2, 0.25) is 5.02 Å². The predicted molar refractivity (Wildman–Crippen MR) is 107 cm³/mol. The summed E-state index contributed by atoms with van der Waals surface area (Å²) in [6, 6.07) is 12.4. The van der Waals surface area contributed by atoms with Gasteiger partial charge in [-0.3, -0.25) is 4.79 Å². The van der Waals surface area contributed by atoms with Crippen molar-refractivity contribution in [2.24, 2.45) is 0 Å². The lowest BCUT2D eigenvalue weighted by Crippen LogP contribution is -2.43. The van der Waals surface area contributed by atoms with Crippen molar-refractivity contribution < 1.29 is 22.7 Å². The number of rotatable bonds is 5. The number of halogens is 1. The number of ether oxygens (including phenoxy) is 1. The van der Waals surface area contributed by atoms with E-state index < -0.39 is 34.4 Å². The number of nitrogen functional groups attached to an aromatic ring is 1. The number of esters is 1. The Labute approximate surface area is 167 Å². The van der Waals surface area contributed by atoms with E-state index in [2.05, 4.69) is 0 Å². The molecule has 0 aromatic heterocycles. The van der Waals surface area contributed by atoms with Gasteiger partial charge in [-0.1, -0.05) is 35.9 Å². The zero-order valence-corrected chi connectivity index (χ0v) is 16.2. The quantitative estimate of drug-likeness (QED) is 0.588. The van der Waals surface area contributed by atoms with Crippen LogP contribution in [-0.4, -0.2) is 38.7 Å². The number of hydrogen-bond donors (Lipinski definition) is 1. The Morgan fingerprint density at radius 2 is 1.86 bits per heavy atom. The van der Waals surface area contributed by atoms with E-state index >= 15 is 0 Å². The molecule has 2 aromatic rings. The molecule has 7 nitrogen and oxygen atoms in total. The monoisotopic (exact) mass is 420 g/mol. The summed E-state index contributed by atoms with van der Waals surface area (Å²) in [5, 5.41) is 1.28. The van der Waals surface area contributed by atoms with E-state index in [1.807, 2.05) is 0 Å². The molecule has 2 N–H and O–H groups in total. The van der Waals surface area contributed by atoms with Gasteiger partial charge in [-0.15, -0.1) is 0 Å². The Morgan fingerprint density at radius 3 is 2.50 bits per heavy atom. The number of benzene rings is 2. The number of carbonyl (C=O) groups excluding carboxylic acids is 2. The Kier molecular flexibility index (Phi) is 5.71. The van der Waals surface area contributed by atoms with Crippen molar-refractivity contribution in [1.82, 2.24) is 0 Å². The molecular formula is C19H17ClN2O5S. The highest BCUT2D eigenvalue weighted by atomic mass is 35.5. The van der Waals surface area contributed by atoms with E-state index in [1.165, 1.54) is 23.1 Å². The van der Waals surface area contributed by atoms with Gasteiger partial charge in [0.1, 0.15) is 0 Å². The molecule has 9 heteroatoms. The van der Waals surface area contributed by atoms with Gasteiger partial charge >= 0.3 is 5.97 Å². The van der Waals surface area contributed by atoms with Crippen LogP contribution in [-0.2, 0) is 19.4 Å². The zero-order chi connectivity index (χ0) is 20.3. The molecule has 1 amide bonds. The van der Waals surface area contributed by atoms with E-state index in [-0.39, 0.29) is 22.0 Å². The molecule has 0 saturated heterocycles. The first kappa shape index (κ1) is 19.9. The molecule has 0 bridgehead atoms. The van der Waals surface area contributed by atoms with Gasteiger partial charge in [0.2, 0.25) is 0 Å². The normalized spacial score (nSPS) is 17.2. The van der Waals surface area contributed by atoms with Crippen molar-refractivity contribution >= 4 is 44.7 Å². The van der Waals surface area contributed by atoms with Crippen LogP contribution in [0.4, 0.5) is 11.4 Å². The van der Waals surface area contributed by atoms with E-state index in [4.69, 9.17) is 22.1 Å². The largest absolute Gasteiger partial charge is 0.452 e. The molecule has 1 heterocycles. The van der Waals surface area contributed by atoms with Gasteiger partial charge in [-0.25, -0.2) is 13.2 Å². The van der Waals surface area contributed by atoms with Gasteiger partial charge < -0.3 is 15.4 Å². The lowest BCUT2D eigenvalue weighted by molar-refractivity contribution is -0.121. The maximum Gasteiger partial charge on any atom is 0.340 e. The molecule has 2 aromatic carbocycles. The van der Waals surface area contributed by atoms with Crippen LogP contribution in [0.3, 0.4) is 0 Å². The van der Waals surface area contributed by atoms with E-state index in [1.54, 1.807) is 36.4 Å². The Morgan fingerprint density at radius 1 is 1.14 bits per heavy atom. The Hall–Kier alpha value is -2.84. The van der Waals surface area contributed by atoms with Crippen LogP contribution in [0, 0.1) is 0 Å².